The molecular weight excluding hydrogens is 241 g/mol. The average Bonchev–Trinajstić information content (AvgIpc) is 2.24. The van der Waals surface area contributed by atoms with Crippen molar-refractivity contribution >= 4 is 23.2 Å². The Morgan fingerprint density at radius 3 is 2.56 bits per heavy atom. The first-order valence-corrected chi connectivity index (χ1v) is 6.40. The maximum absolute atomic E-state index is 6.16. The van der Waals surface area contributed by atoms with E-state index in [4.69, 9.17) is 28.9 Å². The lowest BCUT2D eigenvalue weighted by Gasteiger charge is -2.28. The highest BCUT2D eigenvalue weighted by Crippen LogP contribution is 2.31. The van der Waals surface area contributed by atoms with Gasteiger partial charge < -0.3 is 5.73 Å². The van der Waals surface area contributed by atoms with Crippen molar-refractivity contribution in [1.82, 2.24) is 0 Å². The third-order valence-corrected chi connectivity index (χ3v) is 3.58. The van der Waals surface area contributed by atoms with Gasteiger partial charge in [-0.15, -0.1) is 0 Å². The molecule has 0 amide bonds. The molecule has 0 aromatic heterocycles. The lowest BCUT2D eigenvalue weighted by atomic mass is 9.80. The van der Waals surface area contributed by atoms with Crippen LogP contribution in [0.1, 0.15) is 32.3 Å². The van der Waals surface area contributed by atoms with Crippen LogP contribution in [-0.4, -0.2) is 6.54 Å². The zero-order chi connectivity index (χ0) is 12.2. The number of halogens is 2. The second kappa shape index (κ2) is 5.90. The van der Waals surface area contributed by atoms with Gasteiger partial charge in [0.25, 0.3) is 0 Å². The fraction of sp³-hybridized carbons (Fsp3) is 0.538. The SMILES string of the molecule is CCCC(C)(CN)Cc1cc(Cl)ccc1Cl. The van der Waals surface area contributed by atoms with Crippen molar-refractivity contribution in [3.05, 3.63) is 33.8 Å². The Morgan fingerprint density at radius 1 is 1.31 bits per heavy atom. The van der Waals surface area contributed by atoms with E-state index in [2.05, 4.69) is 13.8 Å². The fourth-order valence-corrected chi connectivity index (χ4v) is 2.38. The quantitative estimate of drug-likeness (QED) is 0.839. The fourth-order valence-electron chi connectivity index (χ4n) is 2.00. The molecule has 3 heteroatoms. The second-order valence-corrected chi connectivity index (χ2v) is 5.52. The zero-order valence-electron chi connectivity index (χ0n) is 9.89. The Balaban J connectivity index is 2.89. The molecule has 0 bridgehead atoms. The van der Waals surface area contributed by atoms with Gasteiger partial charge in [0, 0.05) is 10.0 Å². The van der Waals surface area contributed by atoms with Crippen molar-refractivity contribution in [3.8, 4) is 0 Å². The summed E-state index contributed by atoms with van der Waals surface area (Å²) in [6, 6.07) is 5.60. The van der Waals surface area contributed by atoms with Crippen molar-refractivity contribution < 1.29 is 0 Å². The van der Waals surface area contributed by atoms with Crippen LogP contribution in [-0.2, 0) is 6.42 Å². The summed E-state index contributed by atoms with van der Waals surface area (Å²) < 4.78 is 0. The highest BCUT2D eigenvalue weighted by atomic mass is 35.5. The van der Waals surface area contributed by atoms with E-state index in [1.165, 1.54) is 0 Å². The number of hydrogen-bond donors (Lipinski definition) is 1. The van der Waals surface area contributed by atoms with E-state index in [1.807, 2.05) is 18.2 Å². The standard InChI is InChI=1S/C13H19Cl2N/c1-3-6-13(2,9-16)8-10-7-11(14)4-5-12(10)15/h4-5,7H,3,6,8-9,16H2,1-2H3. The maximum Gasteiger partial charge on any atom is 0.0439 e. The molecule has 0 aliphatic rings. The first-order chi connectivity index (χ1) is 7.50. The molecule has 1 atom stereocenters. The molecule has 1 unspecified atom stereocenters. The number of rotatable bonds is 5. The number of hydrogen-bond acceptors (Lipinski definition) is 1. The van der Waals surface area contributed by atoms with Crippen LogP contribution < -0.4 is 5.73 Å². The van der Waals surface area contributed by atoms with Gasteiger partial charge in [0.1, 0.15) is 0 Å². The van der Waals surface area contributed by atoms with Gasteiger partial charge in [-0.25, -0.2) is 0 Å². The summed E-state index contributed by atoms with van der Waals surface area (Å²) in [5.74, 6) is 0. The van der Waals surface area contributed by atoms with Crippen LogP contribution in [0.4, 0.5) is 0 Å². The van der Waals surface area contributed by atoms with Gasteiger partial charge in [0.05, 0.1) is 0 Å². The van der Waals surface area contributed by atoms with Crippen molar-refractivity contribution in [3.63, 3.8) is 0 Å². The molecule has 1 rings (SSSR count). The largest absolute Gasteiger partial charge is 0.330 e. The Hall–Kier alpha value is -0.240. The molecule has 0 saturated heterocycles. The summed E-state index contributed by atoms with van der Waals surface area (Å²) in [5.41, 5.74) is 7.06. The van der Waals surface area contributed by atoms with Crippen LogP contribution in [0.25, 0.3) is 0 Å². The highest BCUT2D eigenvalue weighted by molar-refractivity contribution is 6.33. The molecule has 2 N–H and O–H groups in total. The summed E-state index contributed by atoms with van der Waals surface area (Å²) in [4.78, 5) is 0. The van der Waals surface area contributed by atoms with Gasteiger partial charge in [0.15, 0.2) is 0 Å². The lowest BCUT2D eigenvalue weighted by Crippen LogP contribution is -2.29. The monoisotopic (exact) mass is 259 g/mol. The van der Waals surface area contributed by atoms with Crippen LogP contribution in [0, 0.1) is 5.41 Å². The molecule has 0 aliphatic carbocycles. The zero-order valence-corrected chi connectivity index (χ0v) is 11.4. The maximum atomic E-state index is 6.16. The van der Waals surface area contributed by atoms with Crippen LogP contribution in [0.2, 0.25) is 10.0 Å². The summed E-state index contributed by atoms with van der Waals surface area (Å²) >= 11 is 12.1. The average molecular weight is 260 g/mol. The minimum Gasteiger partial charge on any atom is -0.330 e. The lowest BCUT2D eigenvalue weighted by molar-refractivity contribution is 0.302. The van der Waals surface area contributed by atoms with Crippen molar-refractivity contribution in [2.24, 2.45) is 11.1 Å². The Morgan fingerprint density at radius 2 is 2.00 bits per heavy atom. The van der Waals surface area contributed by atoms with E-state index in [1.54, 1.807) is 0 Å². The van der Waals surface area contributed by atoms with E-state index < -0.39 is 0 Å². The minimum absolute atomic E-state index is 0.114. The van der Waals surface area contributed by atoms with Gasteiger partial charge >= 0.3 is 0 Å². The van der Waals surface area contributed by atoms with Crippen LogP contribution in [0.3, 0.4) is 0 Å². The third kappa shape index (κ3) is 3.65. The molecule has 0 radical (unpaired) electrons. The number of nitrogens with two attached hydrogens (primary N) is 1. The smallest absolute Gasteiger partial charge is 0.0439 e. The van der Waals surface area contributed by atoms with Crippen molar-refractivity contribution in [2.75, 3.05) is 6.54 Å². The molecule has 1 aromatic carbocycles. The first-order valence-electron chi connectivity index (χ1n) is 5.65. The van der Waals surface area contributed by atoms with Gasteiger partial charge in [-0.2, -0.15) is 0 Å². The topological polar surface area (TPSA) is 26.0 Å². The second-order valence-electron chi connectivity index (χ2n) is 4.68. The summed E-state index contributed by atoms with van der Waals surface area (Å²) in [5, 5.41) is 1.51. The molecule has 0 spiro atoms. The normalized spacial score (nSPS) is 14.8. The summed E-state index contributed by atoms with van der Waals surface area (Å²) in [6.07, 6.45) is 3.12. The Bertz CT molecular complexity index is 352. The highest BCUT2D eigenvalue weighted by Gasteiger charge is 2.23. The van der Waals surface area contributed by atoms with Crippen molar-refractivity contribution in [2.45, 2.75) is 33.1 Å². The predicted octanol–water partition coefficient (Wildman–Crippen LogP) is 4.30. The molecule has 90 valence electrons. The molecule has 0 heterocycles. The number of benzene rings is 1. The molecule has 16 heavy (non-hydrogen) atoms. The molecule has 1 nitrogen and oxygen atoms in total. The molecular formula is C13H19Cl2N. The van der Waals surface area contributed by atoms with Crippen LogP contribution in [0.15, 0.2) is 18.2 Å². The van der Waals surface area contributed by atoms with Gasteiger partial charge in [-0.05, 0) is 48.6 Å². The molecule has 0 aliphatic heterocycles. The van der Waals surface area contributed by atoms with E-state index in [9.17, 15) is 0 Å². The van der Waals surface area contributed by atoms with E-state index in [0.29, 0.717) is 6.54 Å². The van der Waals surface area contributed by atoms with Gasteiger partial charge in [0.2, 0.25) is 0 Å². The molecule has 0 fully saturated rings. The Labute approximate surface area is 108 Å². The summed E-state index contributed by atoms with van der Waals surface area (Å²) in [6.45, 7) is 5.05. The third-order valence-electron chi connectivity index (χ3n) is 2.97. The summed E-state index contributed by atoms with van der Waals surface area (Å²) in [7, 11) is 0. The van der Waals surface area contributed by atoms with Crippen molar-refractivity contribution in [1.29, 1.82) is 0 Å². The van der Waals surface area contributed by atoms with Crippen LogP contribution in [0.5, 0.6) is 0 Å². The van der Waals surface area contributed by atoms with E-state index in [0.717, 1.165) is 34.9 Å². The Kier molecular flexibility index (Phi) is 5.10. The minimum atomic E-state index is 0.114. The van der Waals surface area contributed by atoms with Crippen LogP contribution >= 0.6 is 23.2 Å². The van der Waals surface area contributed by atoms with Gasteiger partial charge in [-0.1, -0.05) is 43.5 Å². The molecule has 0 saturated carbocycles. The van der Waals surface area contributed by atoms with Gasteiger partial charge in [-0.3, -0.25) is 0 Å². The molecule has 1 aromatic rings. The van der Waals surface area contributed by atoms with E-state index >= 15 is 0 Å². The predicted molar refractivity (Wildman–Crippen MR) is 72.2 cm³/mol. The first kappa shape index (κ1) is 13.8. The van der Waals surface area contributed by atoms with E-state index in [-0.39, 0.29) is 5.41 Å².